The van der Waals surface area contributed by atoms with Crippen LogP contribution in [0.4, 0.5) is 8.78 Å². The molecule has 1 fully saturated rings. The number of hydrogen-bond acceptors (Lipinski definition) is 3. The van der Waals surface area contributed by atoms with Crippen molar-refractivity contribution in [2.45, 2.75) is 13.3 Å². The van der Waals surface area contributed by atoms with Crippen LogP contribution < -0.4 is 5.32 Å². The van der Waals surface area contributed by atoms with Crippen molar-refractivity contribution in [2.24, 2.45) is 16.8 Å². The highest BCUT2D eigenvalue weighted by molar-refractivity contribution is 14.0. The molecule has 2 unspecified atom stereocenters. The lowest BCUT2D eigenvalue weighted by Gasteiger charge is -2.21. The summed E-state index contributed by atoms with van der Waals surface area (Å²) in [5, 5.41) is 3.10. The molecule has 1 heterocycles. The monoisotopic (exact) mass is 467 g/mol. The van der Waals surface area contributed by atoms with E-state index >= 15 is 0 Å². The second kappa shape index (κ2) is 9.88. The van der Waals surface area contributed by atoms with Crippen molar-refractivity contribution in [1.82, 2.24) is 10.2 Å². The first-order chi connectivity index (χ1) is 11.5. The molecule has 1 aromatic rings. The van der Waals surface area contributed by atoms with E-state index in [2.05, 4.69) is 10.3 Å². The van der Waals surface area contributed by atoms with Gasteiger partial charge in [0.05, 0.1) is 13.0 Å². The minimum absolute atomic E-state index is 0. The van der Waals surface area contributed by atoms with Gasteiger partial charge in [-0.3, -0.25) is 9.79 Å². The van der Waals surface area contributed by atoms with Crippen LogP contribution in [0.25, 0.3) is 0 Å². The van der Waals surface area contributed by atoms with E-state index in [0.29, 0.717) is 25.6 Å². The van der Waals surface area contributed by atoms with Gasteiger partial charge in [0, 0.05) is 32.2 Å². The fourth-order valence-electron chi connectivity index (χ4n) is 3.00. The number of aliphatic imine (C=N–C) groups is 1. The summed E-state index contributed by atoms with van der Waals surface area (Å²) in [6.07, 6.45) is 0.210. The Morgan fingerprint density at radius 3 is 2.56 bits per heavy atom. The van der Waals surface area contributed by atoms with Crippen LogP contribution in [0.3, 0.4) is 0 Å². The van der Waals surface area contributed by atoms with Gasteiger partial charge in [0.2, 0.25) is 0 Å². The number of esters is 1. The van der Waals surface area contributed by atoms with Gasteiger partial charge in [0.15, 0.2) is 5.96 Å². The summed E-state index contributed by atoms with van der Waals surface area (Å²) in [6, 6.07) is 3.84. The highest BCUT2D eigenvalue weighted by Crippen LogP contribution is 2.24. The number of nitrogens with zero attached hydrogens (tertiary/aromatic N) is 2. The molecule has 2 rings (SSSR count). The van der Waals surface area contributed by atoms with E-state index in [4.69, 9.17) is 4.74 Å². The molecule has 0 aromatic heterocycles. The fraction of sp³-hybridized carbons (Fsp3) is 0.529. The van der Waals surface area contributed by atoms with Gasteiger partial charge in [0.25, 0.3) is 0 Å². The predicted octanol–water partition coefficient (Wildman–Crippen LogP) is 2.44. The molecule has 1 aliphatic heterocycles. The predicted molar refractivity (Wildman–Crippen MR) is 103 cm³/mol. The Hall–Kier alpha value is -1.45. The molecular formula is C17H24F2IN3O2. The molecule has 1 aliphatic rings. The number of ether oxygens (including phenoxy) is 1. The Labute approximate surface area is 163 Å². The Morgan fingerprint density at radius 1 is 1.36 bits per heavy atom. The number of nitrogens with one attached hydrogen (secondary N) is 1. The molecule has 5 nitrogen and oxygen atoms in total. The zero-order valence-corrected chi connectivity index (χ0v) is 16.9. The van der Waals surface area contributed by atoms with Crippen LogP contribution in [0.1, 0.15) is 12.5 Å². The maximum Gasteiger partial charge on any atom is 0.310 e. The van der Waals surface area contributed by atoms with Gasteiger partial charge in [-0.25, -0.2) is 8.78 Å². The standard InChI is InChI=1S/C17H23F2N3O2.HI/c1-11-9-22(10-13(11)16(23)24-3)17(20-2)21-8-7-12-14(18)5-4-6-15(12)19;/h4-6,11,13H,7-10H2,1-3H3,(H,20,21);1H. The zero-order valence-electron chi connectivity index (χ0n) is 14.6. The van der Waals surface area contributed by atoms with E-state index in [1.165, 1.54) is 25.3 Å². The zero-order chi connectivity index (χ0) is 17.7. The lowest BCUT2D eigenvalue weighted by Crippen LogP contribution is -2.41. The smallest absolute Gasteiger partial charge is 0.310 e. The van der Waals surface area contributed by atoms with Crippen LogP contribution in [0.15, 0.2) is 23.2 Å². The maximum absolute atomic E-state index is 13.6. The van der Waals surface area contributed by atoms with Crippen molar-refractivity contribution >= 4 is 35.9 Å². The average molecular weight is 467 g/mol. The van der Waals surface area contributed by atoms with Crippen LogP contribution in [-0.4, -0.2) is 50.6 Å². The number of likely N-dealkylation sites (tertiary alicyclic amines) is 1. The number of carbonyl (C=O) groups excluding carboxylic acids is 1. The number of benzene rings is 1. The van der Waals surface area contributed by atoms with Crippen molar-refractivity contribution in [3.63, 3.8) is 0 Å². The number of halogens is 3. The first-order valence-corrected chi connectivity index (χ1v) is 7.94. The average Bonchev–Trinajstić information content (AvgIpc) is 2.94. The molecule has 1 saturated heterocycles. The number of rotatable bonds is 4. The summed E-state index contributed by atoms with van der Waals surface area (Å²) in [5.41, 5.74) is 0.0580. The third kappa shape index (κ3) is 5.26. The van der Waals surface area contributed by atoms with E-state index in [9.17, 15) is 13.6 Å². The molecule has 1 N–H and O–H groups in total. The number of carbonyl (C=O) groups is 1. The van der Waals surface area contributed by atoms with Crippen molar-refractivity contribution in [2.75, 3.05) is 33.8 Å². The van der Waals surface area contributed by atoms with Crippen molar-refractivity contribution in [1.29, 1.82) is 0 Å². The van der Waals surface area contributed by atoms with Crippen LogP contribution in [0, 0.1) is 23.5 Å². The van der Waals surface area contributed by atoms with Crippen LogP contribution >= 0.6 is 24.0 Å². The number of hydrogen-bond donors (Lipinski definition) is 1. The molecule has 0 spiro atoms. The van der Waals surface area contributed by atoms with Crippen LogP contribution in [-0.2, 0) is 16.0 Å². The maximum atomic E-state index is 13.6. The molecule has 0 amide bonds. The second-order valence-electron chi connectivity index (χ2n) is 5.94. The summed E-state index contributed by atoms with van der Waals surface area (Å²) in [7, 11) is 3.02. The highest BCUT2D eigenvalue weighted by atomic mass is 127. The number of guanidine groups is 1. The SMILES string of the molecule is CN=C(NCCc1c(F)cccc1F)N1CC(C)C(C(=O)OC)C1.I. The summed E-state index contributed by atoms with van der Waals surface area (Å²) >= 11 is 0. The molecule has 140 valence electrons. The molecule has 8 heteroatoms. The minimum Gasteiger partial charge on any atom is -0.469 e. The third-order valence-corrected chi connectivity index (χ3v) is 4.35. The van der Waals surface area contributed by atoms with E-state index in [-0.39, 0.29) is 53.8 Å². The Morgan fingerprint density at radius 2 is 2.00 bits per heavy atom. The molecule has 0 bridgehead atoms. The summed E-state index contributed by atoms with van der Waals surface area (Å²) < 4.78 is 32.1. The summed E-state index contributed by atoms with van der Waals surface area (Å²) in [5.74, 6) is -0.754. The largest absolute Gasteiger partial charge is 0.469 e. The van der Waals surface area contributed by atoms with Gasteiger partial charge >= 0.3 is 5.97 Å². The number of methoxy groups -OCH3 is 1. The second-order valence-corrected chi connectivity index (χ2v) is 5.94. The Kier molecular flexibility index (Phi) is 8.54. The van der Waals surface area contributed by atoms with Gasteiger partial charge in [-0.05, 0) is 24.5 Å². The lowest BCUT2D eigenvalue weighted by molar-refractivity contribution is -0.145. The van der Waals surface area contributed by atoms with Gasteiger partial charge in [-0.1, -0.05) is 13.0 Å². The first-order valence-electron chi connectivity index (χ1n) is 7.94. The van der Waals surface area contributed by atoms with E-state index in [0.717, 1.165) is 0 Å². The van der Waals surface area contributed by atoms with Crippen LogP contribution in [0.5, 0.6) is 0 Å². The molecule has 0 aliphatic carbocycles. The minimum atomic E-state index is -0.549. The van der Waals surface area contributed by atoms with Crippen LogP contribution in [0.2, 0.25) is 0 Å². The van der Waals surface area contributed by atoms with E-state index in [1.54, 1.807) is 7.05 Å². The van der Waals surface area contributed by atoms with Gasteiger partial charge in [-0.15, -0.1) is 24.0 Å². The third-order valence-electron chi connectivity index (χ3n) is 4.35. The topological polar surface area (TPSA) is 53.9 Å². The van der Waals surface area contributed by atoms with Crippen molar-refractivity contribution in [3.05, 3.63) is 35.4 Å². The quantitative estimate of drug-likeness (QED) is 0.320. The van der Waals surface area contributed by atoms with Gasteiger partial charge in [0.1, 0.15) is 11.6 Å². The van der Waals surface area contributed by atoms with Gasteiger partial charge < -0.3 is 15.0 Å². The molecule has 0 radical (unpaired) electrons. The molecular weight excluding hydrogens is 443 g/mol. The summed E-state index contributed by atoms with van der Waals surface area (Å²) in [4.78, 5) is 17.9. The van der Waals surface area contributed by atoms with Crippen molar-refractivity contribution < 1.29 is 18.3 Å². The van der Waals surface area contributed by atoms with Gasteiger partial charge in [-0.2, -0.15) is 0 Å². The van der Waals surface area contributed by atoms with E-state index in [1.807, 2.05) is 11.8 Å². The normalized spacial score (nSPS) is 20.2. The molecule has 2 atom stereocenters. The lowest BCUT2D eigenvalue weighted by atomic mass is 9.99. The molecule has 1 aromatic carbocycles. The fourth-order valence-corrected chi connectivity index (χ4v) is 3.00. The Balaban J connectivity index is 0.00000312. The highest BCUT2D eigenvalue weighted by Gasteiger charge is 2.36. The Bertz CT molecular complexity index is 608. The summed E-state index contributed by atoms with van der Waals surface area (Å²) in [6.45, 7) is 3.52. The van der Waals surface area contributed by atoms with E-state index < -0.39 is 11.6 Å². The molecule has 25 heavy (non-hydrogen) atoms. The van der Waals surface area contributed by atoms with Crippen molar-refractivity contribution in [3.8, 4) is 0 Å². The molecule has 0 saturated carbocycles. The first kappa shape index (κ1) is 21.6.